The van der Waals surface area contributed by atoms with E-state index in [2.05, 4.69) is 4.98 Å². The molecule has 0 N–H and O–H groups in total. The van der Waals surface area contributed by atoms with Crippen LogP contribution in [0.2, 0.25) is 5.02 Å². The molecule has 0 unspecified atom stereocenters. The first-order valence-corrected chi connectivity index (χ1v) is 6.69. The van der Waals surface area contributed by atoms with Crippen LogP contribution in [0.4, 0.5) is 4.39 Å². The van der Waals surface area contributed by atoms with Crippen molar-refractivity contribution in [2.75, 3.05) is 0 Å². The smallest absolute Gasteiger partial charge is 0.123 e. The van der Waals surface area contributed by atoms with Crippen molar-refractivity contribution in [1.29, 1.82) is 0 Å². The van der Waals surface area contributed by atoms with Crippen molar-refractivity contribution in [3.8, 4) is 0 Å². The summed E-state index contributed by atoms with van der Waals surface area (Å²) in [7, 11) is 0. The molecule has 0 saturated heterocycles. The van der Waals surface area contributed by atoms with E-state index in [0.29, 0.717) is 5.02 Å². The summed E-state index contributed by atoms with van der Waals surface area (Å²) in [5.74, 6) is -0.213. The SMILES string of the molecule is Fc1ccc(Cc2nc3cc(Cl)ccc3s2)cc1. The molecule has 0 saturated carbocycles. The van der Waals surface area contributed by atoms with Crippen LogP contribution in [0.5, 0.6) is 0 Å². The molecule has 0 atom stereocenters. The number of halogens is 2. The summed E-state index contributed by atoms with van der Waals surface area (Å²) in [5, 5.41) is 1.71. The highest BCUT2D eigenvalue weighted by atomic mass is 35.5. The molecule has 3 rings (SSSR count). The van der Waals surface area contributed by atoms with Crippen LogP contribution in [-0.4, -0.2) is 4.98 Å². The normalized spacial score (nSPS) is 11.0. The van der Waals surface area contributed by atoms with Gasteiger partial charge < -0.3 is 0 Å². The summed E-state index contributed by atoms with van der Waals surface area (Å²) in [6, 6.07) is 12.2. The molecule has 0 radical (unpaired) electrons. The first-order valence-electron chi connectivity index (χ1n) is 5.50. The highest BCUT2D eigenvalue weighted by molar-refractivity contribution is 7.18. The summed E-state index contributed by atoms with van der Waals surface area (Å²) < 4.78 is 13.9. The van der Waals surface area contributed by atoms with Gasteiger partial charge in [0.1, 0.15) is 5.82 Å². The van der Waals surface area contributed by atoms with Crippen LogP contribution in [0.3, 0.4) is 0 Å². The Kier molecular flexibility index (Phi) is 3.02. The zero-order valence-corrected chi connectivity index (χ0v) is 10.9. The molecule has 1 heterocycles. The van der Waals surface area contributed by atoms with Crippen LogP contribution in [0.15, 0.2) is 42.5 Å². The van der Waals surface area contributed by atoms with Crippen molar-refractivity contribution in [2.24, 2.45) is 0 Å². The molecule has 0 aliphatic heterocycles. The standard InChI is InChI=1S/C14H9ClFNS/c15-10-3-6-13-12(8-10)17-14(18-13)7-9-1-4-11(16)5-2-9/h1-6,8H,7H2. The highest BCUT2D eigenvalue weighted by Crippen LogP contribution is 2.26. The maximum absolute atomic E-state index is 12.8. The van der Waals surface area contributed by atoms with E-state index in [1.807, 2.05) is 18.2 Å². The number of aromatic nitrogens is 1. The van der Waals surface area contributed by atoms with Crippen molar-refractivity contribution < 1.29 is 4.39 Å². The van der Waals surface area contributed by atoms with Crippen molar-refractivity contribution >= 4 is 33.2 Å². The van der Waals surface area contributed by atoms with E-state index in [1.54, 1.807) is 23.5 Å². The fourth-order valence-electron chi connectivity index (χ4n) is 1.80. The van der Waals surface area contributed by atoms with Crippen LogP contribution < -0.4 is 0 Å². The topological polar surface area (TPSA) is 12.9 Å². The van der Waals surface area contributed by atoms with Crippen molar-refractivity contribution in [1.82, 2.24) is 4.98 Å². The minimum absolute atomic E-state index is 0.213. The number of fused-ring (bicyclic) bond motifs is 1. The van der Waals surface area contributed by atoms with Gasteiger partial charge in [-0.05, 0) is 35.9 Å². The van der Waals surface area contributed by atoms with E-state index in [9.17, 15) is 4.39 Å². The number of nitrogens with zero attached hydrogens (tertiary/aromatic N) is 1. The Morgan fingerprint density at radius 1 is 1.11 bits per heavy atom. The van der Waals surface area contributed by atoms with E-state index >= 15 is 0 Å². The van der Waals surface area contributed by atoms with Gasteiger partial charge in [0.05, 0.1) is 15.2 Å². The summed E-state index contributed by atoms with van der Waals surface area (Å²) in [6.07, 6.45) is 0.719. The summed E-state index contributed by atoms with van der Waals surface area (Å²) in [4.78, 5) is 4.53. The summed E-state index contributed by atoms with van der Waals surface area (Å²) >= 11 is 7.57. The predicted octanol–water partition coefficient (Wildman–Crippen LogP) is 4.68. The molecule has 90 valence electrons. The number of hydrogen-bond acceptors (Lipinski definition) is 2. The minimum Gasteiger partial charge on any atom is -0.241 e. The van der Waals surface area contributed by atoms with E-state index in [4.69, 9.17) is 11.6 Å². The van der Waals surface area contributed by atoms with Gasteiger partial charge in [-0.15, -0.1) is 11.3 Å². The van der Waals surface area contributed by atoms with Crippen LogP contribution in [0, 0.1) is 5.82 Å². The van der Waals surface area contributed by atoms with Gasteiger partial charge in [0.15, 0.2) is 0 Å². The Morgan fingerprint density at radius 3 is 2.67 bits per heavy atom. The van der Waals surface area contributed by atoms with Crippen LogP contribution in [0.1, 0.15) is 10.6 Å². The molecule has 3 aromatic rings. The second-order valence-electron chi connectivity index (χ2n) is 4.02. The largest absolute Gasteiger partial charge is 0.241 e. The number of rotatable bonds is 2. The Labute approximate surface area is 113 Å². The van der Waals surface area contributed by atoms with Gasteiger partial charge in [0.25, 0.3) is 0 Å². The highest BCUT2D eigenvalue weighted by Gasteiger charge is 2.05. The zero-order valence-electron chi connectivity index (χ0n) is 9.36. The Morgan fingerprint density at radius 2 is 1.89 bits per heavy atom. The Balaban J connectivity index is 1.92. The lowest BCUT2D eigenvalue weighted by Crippen LogP contribution is -1.86. The van der Waals surface area contributed by atoms with E-state index in [0.717, 1.165) is 27.2 Å². The molecule has 18 heavy (non-hydrogen) atoms. The minimum atomic E-state index is -0.213. The van der Waals surface area contributed by atoms with Crippen LogP contribution in [0.25, 0.3) is 10.2 Å². The van der Waals surface area contributed by atoms with E-state index in [1.165, 1.54) is 12.1 Å². The van der Waals surface area contributed by atoms with Gasteiger partial charge in [0, 0.05) is 11.4 Å². The average molecular weight is 278 g/mol. The van der Waals surface area contributed by atoms with Crippen molar-refractivity contribution in [2.45, 2.75) is 6.42 Å². The molecular weight excluding hydrogens is 269 g/mol. The second kappa shape index (κ2) is 4.67. The van der Waals surface area contributed by atoms with Gasteiger partial charge in [-0.1, -0.05) is 23.7 Å². The van der Waals surface area contributed by atoms with Gasteiger partial charge in [-0.25, -0.2) is 9.37 Å². The molecular formula is C14H9ClFNS. The van der Waals surface area contributed by atoms with Gasteiger partial charge >= 0.3 is 0 Å². The Hall–Kier alpha value is -1.45. The molecule has 4 heteroatoms. The third kappa shape index (κ3) is 2.37. The second-order valence-corrected chi connectivity index (χ2v) is 5.57. The Bertz CT molecular complexity index is 691. The first-order chi connectivity index (χ1) is 8.70. The molecule has 0 fully saturated rings. The van der Waals surface area contributed by atoms with Crippen LogP contribution in [-0.2, 0) is 6.42 Å². The number of hydrogen-bond donors (Lipinski definition) is 0. The van der Waals surface area contributed by atoms with Crippen LogP contribution >= 0.6 is 22.9 Å². The maximum Gasteiger partial charge on any atom is 0.123 e. The lowest BCUT2D eigenvalue weighted by atomic mass is 10.1. The maximum atomic E-state index is 12.8. The molecule has 0 bridgehead atoms. The molecule has 0 aliphatic carbocycles. The third-order valence-electron chi connectivity index (χ3n) is 2.66. The third-order valence-corrected chi connectivity index (χ3v) is 3.93. The fraction of sp³-hybridized carbons (Fsp3) is 0.0714. The molecule has 2 aromatic carbocycles. The average Bonchev–Trinajstić information content (AvgIpc) is 2.73. The van der Waals surface area contributed by atoms with Gasteiger partial charge in [0.2, 0.25) is 0 Å². The molecule has 0 spiro atoms. The molecule has 0 aliphatic rings. The number of benzene rings is 2. The monoisotopic (exact) mass is 277 g/mol. The van der Waals surface area contributed by atoms with Gasteiger partial charge in [-0.3, -0.25) is 0 Å². The fourth-order valence-corrected chi connectivity index (χ4v) is 2.95. The molecule has 1 nitrogen and oxygen atoms in total. The zero-order chi connectivity index (χ0) is 12.5. The molecule has 1 aromatic heterocycles. The number of thiazole rings is 1. The first kappa shape index (κ1) is 11.6. The van der Waals surface area contributed by atoms with Gasteiger partial charge in [-0.2, -0.15) is 0 Å². The summed E-state index contributed by atoms with van der Waals surface area (Å²) in [6.45, 7) is 0. The summed E-state index contributed by atoms with van der Waals surface area (Å²) in [5.41, 5.74) is 1.98. The van der Waals surface area contributed by atoms with Crippen molar-refractivity contribution in [3.05, 3.63) is 63.9 Å². The lowest BCUT2D eigenvalue weighted by molar-refractivity contribution is 0.627. The predicted molar refractivity (Wildman–Crippen MR) is 73.8 cm³/mol. The van der Waals surface area contributed by atoms with E-state index in [-0.39, 0.29) is 5.82 Å². The van der Waals surface area contributed by atoms with E-state index < -0.39 is 0 Å². The lowest BCUT2D eigenvalue weighted by Gasteiger charge is -1.96. The molecule has 0 amide bonds. The van der Waals surface area contributed by atoms with Crippen molar-refractivity contribution in [3.63, 3.8) is 0 Å². The quantitative estimate of drug-likeness (QED) is 0.663.